The fourth-order valence-corrected chi connectivity index (χ4v) is 8.07. The lowest BCUT2D eigenvalue weighted by molar-refractivity contribution is -0.137. The number of nitrogens with zero attached hydrogens (tertiary/aromatic N) is 3. The standard InChI is InChI=1S/C47H50N8O10/c1-4-50-44(60)42(49)55(41(48)34-22-33(26(2)3)38(56)23-39(34)57)29-10-14-31(15-11-29)65-30-12-8-28(9-13-30)45(61)53-20-18-27(19-21-53)25-64-47(63)51-36-7-5-6-32-35(36)24-54(46(32)62)37-16-17-40(58)52-43(37)59/h5-15,22-23,26-27,37,48-49,56-57H,4,16-21,24-25H2,1-3H3,(H,50,60)(H,51,63)(H,52,58,59). The van der Waals surface area contributed by atoms with E-state index in [9.17, 15) is 39.0 Å². The lowest BCUT2D eigenvalue weighted by Gasteiger charge is -2.31. The largest absolute Gasteiger partial charge is 0.508 e. The number of carbonyl (C=O) groups excluding carboxylic acids is 6. The number of benzene rings is 4. The molecule has 6 amide bonds. The lowest BCUT2D eigenvalue weighted by Crippen LogP contribution is -2.52. The maximum atomic E-state index is 13.4. The average molecular weight is 887 g/mol. The molecule has 0 bridgehead atoms. The van der Waals surface area contributed by atoms with Crippen LogP contribution in [0.5, 0.6) is 23.0 Å². The number of ether oxygens (including phenoxy) is 2. The summed E-state index contributed by atoms with van der Waals surface area (Å²) in [6, 6.07) is 19.7. The number of anilines is 2. The number of hydrogen-bond donors (Lipinski definition) is 7. The highest BCUT2D eigenvalue weighted by atomic mass is 16.5. The third kappa shape index (κ3) is 9.91. The number of rotatable bonds is 11. The van der Waals surface area contributed by atoms with Crippen LogP contribution in [0.3, 0.4) is 0 Å². The highest BCUT2D eigenvalue weighted by molar-refractivity contribution is 6.48. The van der Waals surface area contributed by atoms with E-state index >= 15 is 0 Å². The van der Waals surface area contributed by atoms with Crippen molar-refractivity contribution in [3.63, 3.8) is 0 Å². The predicted molar refractivity (Wildman–Crippen MR) is 239 cm³/mol. The Bertz CT molecular complexity index is 2550. The zero-order chi connectivity index (χ0) is 46.5. The van der Waals surface area contributed by atoms with Gasteiger partial charge in [-0.15, -0.1) is 0 Å². The first kappa shape index (κ1) is 45.3. The number of amidine groups is 2. The molecule has 1 atom stereocenters. The second-order valence-corrected chi connectivity index (χ2v) is 16.3. The topological polar surface area (TPSA) is 255 Å². The fraction of sp³-hybridized carbons (Fsp3) is 0.319. The molecule has 0 aromatic heterocycles. The van der Waals surface area contributed by atoms with Crippen molar-refractivity contribution < 1.29 is 48.5 Å². The van der Waals surface area contributed by atoms with Crippen LogP contribution >= 0.6 is 0 Å². The summed E-state index contributed by atoms with van der Waals surface area (Å²) in [5.41, 5.74) is 2.57. The van der Waals surface area contributed by atoms with E-state index in [0.29, 0.717) is 65.4 Å². The molecule has 0 radical (unpaired) electrons. The number of amides is 6. The van der Waals surface area contributed by atoms with Gasteiger partial charge in [-0.2, -0.15) is 0 Å². The van der Waals surface area contributed by atoms with Crippen LogP contribution in [0.25, 0.3) is 0 Å². The Hall–Kier alpha value is -7.76. The van der Waals surface area contributed by atoms with Crippen molar-refractivity contribution in [2.75, 3.05) is 36.5 Å². The van der Waals surface area contributed by atoms with Crippen molar-refractivity contribution in [1.82, 2.24) is 20.4 Å². The smallest absolute Gasteiger partial charge is 0.411 e. The molecule has 7 N–H and O–H groups in total. The molecule has 65 heavy (non-hydrogen) atoms. The Kier molecular flexibility index (Phi) is 13.5. The second kappa shape index (κ2) is 19.3. The molecule has 0 aliphatic carbocycles. The van der Waals surface area contributed by atoms with Gasteiger partial charge in [0.05, 0.1) is 12.2 Å². The van der Waals surface area contributed by atoms with Crippen LogP contribution in [0.1, 0.15) is 89.8 Å². The Morgan fingerprint density at radius 1 is 0.908 bits per heavy atom. The summed E-state index contributed by atoms with van der Waals surface area (Å²) in [6.07, 6.45) is 0.900. The molecule has 1 unspecified atom stereocenters. The summed E-state index contributed by atoms with van der Waals surface area (Å²) in [6.45, 7) is 6.81. The highest BCUT2D eigenvalue weighted by Crippen LogP contribution is 2.35. The van der Waals surface area contributed by atoms with Crippen molar-refractivity contribution in [1.29, 1.82) is 10.8 Å². The van der Waals surface area contributed by atoms with Gasteiger partial charge in [-0.25, -0.2) is 4.79 Å². The number of aromatic hydroxyl groups is 2. The van der Waals surface area contributed by atoms with Gasteiger partial charge in [-0.05, 0) is 110 Å². The molecular weight excluding hydrogens is 837 g/mol. The third-order valence-electron chi connectivity index (χ3n) is 11.6. The fourth-order valence-electron chi connectivity index (χ4n) is 8.07. The van der Waals surface area contributed by atoms with Gasteiger partial charge in [0.2, 0.25) is 11.8 Å². The van der Waals surface area contributed by atoms with Crippen LogP contribution in [0, 0.1) is 16.7 Å². The van der Waals surface area contributed by atoms with Crippen LogP contribution < -0.4 is 25.6 Å². The molecule has 18 heteroatoms. The molecule has 3 aliphatic heterocycles. The maximum Gasteiger partial charge on any atom is 0.411 e. The van der Waals surface area contributed by atoms with Crippen molar-refractivity contribution in [3.8, 4) is 23.0 Å². The van der Waals surface area contributed by atoms with Gasteiger partial charge in [0.1, 0.15) is 34.9 Å². The van der Waals surface area contributed by atoms with Crippen LogP contribution in [0.15, 0.2) is 78.9 Å². The normalized spacial score (nSPS) is 16.1. The van der Waals surface area contributed by atoms with Crippen LogP contribution in [-0.4, -0.2) is 99.6 Å². The molecule has 4 aromatic rings. The molecule has 2 fully saturated rings. The first-order chi connectivity index (χ1) is 31.1. The lowest BCUT2D eigenvalue weighted by atomic mass is 9.97. The summed E-state index contributed by atoms with van der Waals surface area (Å²) in [5, 5.41) is 46.3. The molecular formula is C47H50N8O10. The van der Waals surface area contributed by atoms with Crippen molar-refractivity contribution in [2.45, 2.75) is 65.0 Å². The predicted octanol–water partition coefficient (Wildman–Crippen LogP) is 5.82. The van der Waals surface area contributed by atoms with E-state index in [-0.39, 0.29) is 90.7 Å². The first-order valence-electron chi connectivity index (χ1n) is 21.3. The number of piperidine rings is 2. The SMILES string of the molecule is CCNC(=O)C(=N)N(C(=N)c1cc(C(C)C)c(O)cc1O)c1ccc(Oc2ccc(C(=O)N3CCC(COC(=O)Nc4cccc5c4CN(C4CCC(=O)NC4=O)C5=O)CC3)cc2)cc1. The van der Waals surface area contributed by atoms with Gasteiger partial charge < -0.3 is 34.8 Å². The number of likely N-dealkylation sites (tertiary alicyclic amines) is 1. The van der Waals surface area contributed by atoms with Crippen LogP contribution in [-0.2, 0) is 25.7 Å². The van der Waals surface area contributed by atoms with Crippen molar-refractivity contribution in [3.05, 3.63) is 107 Å². The first-order valence-corrected chi connectivity index (χ1v) is 21.3. The minimum Gasteiger partial charge on any atom is -0.508 e. The molecule has 2 saturated heterocycles. The van der Waals surface area contributed by atoms with E-state index in [1.807, 2.05) is 13.8 Å². The number of nitrogens with one attached hydrogen (secondary N) is 5. The van der Waals surface area contributed by atoms with E-state index in [0.717, 1.165) is 11.0 Å². The van der Waals surface area contributed by atoms with Gasteiger partial charge in [0.15, 0.2) is 5.84 Å². The summed E-state index contributed by atoms with van der Waals surface area (Å²) >= 11 is 0. The minimum atomic E-state index is -0.777. The number of likely N-dealkylation sites (N-methyl/N-ethyl adjacent to an activating group) is 1. The Balaban J connectivity index is 0.906. The summed E-state index contributed by atoms with van der Waals surface area (Å²) < 4.78 is 11.6. The molecule has 4 aromatic carbocycles. The van der Waals surface area contributed by atoms with Gasteiger partial charge in [0.25, 0.3) is 17.7 Å². The number of imide groups is 1. The summed E-state index contributed by atoms with van der Waals surface area (Å²) in [4.78, 5) is 80.6. The number of fused-ring (bicyclic) bond motifs is 1. The van der Waals surface area contributed by atoms with E-state index in [4.69, 9.17) is 20.3 Å². The number of phenols is 2. The Morgan fingerprint density at radius 2 is 1.58 bits per heavy atom. The van der Waals surface area contributed by atoms with Crippen molar-refractivity contribution in [2.24, 2.45) is 5.92 Å². The summed E-state index contributed by atoms with van der Waals surface area (Å²) in [7, 11) is 0. The van der Waals surface area contributed by atoms with E-state index in [1.165, 1.54) is 11.0 Å². The molecule has 338 valence electrons. The zero-order valence-corrected chi connectivity index (χ0v) is 36.1. The Labute approximate surface area is 374 Å². The molecule has 18 nitrogen and oxygen atoms in total. The molecule has 7 rings (SSSR count). The minimum absolute atomic E-state index is 0.0195. The molecule has 0 spiro atoms. The number of phenolic OH excluding ortho intramolecular Hbond substituents is 2. The molecule has 3 heterocycles. The van der Waals surface area contributed by atoms with Gasteiger partial charge in [-0.1, -0.05) is 19.9 Å². The number of carbonyl (C=O) groups is 6. The Morgan fingerprint density at radius 3 is 2.23 bits per heavy atom. The van der Waals surface area contributed by atoms with Crippen molar-refractivity contribution >= 4 is 58.7 Å². The average Bonchev–Trinajstić information content (AvgIpc) is 3.62. The number of hydrogen-bond acceptors (Lipinski definition) is 12. The van der Waals surface area contributed by atoms with Crippen LogP contribution in [0.2, 0.25) is 0 Å². The van der Waals surface area contributed by atoms with Gasteiger partial charge in [-0.3, -0.25) is 50.3 Å². The monoisotopic (exact) mass is 886 g/mol. The zero-order valence-electron chi connectivity index (χ0n) is 36.1. The van der Waals surface area contributed by atoms with E-state index in [1.54, 1.807) is 78.6 Å². The molecule has 3 aliphatic rings. The quantitative estimate of drug-likeness (QED) is 0.0537. The molecule has 0 saturated carbocycles. The maximum absolute atomic E-state index is 13.4. The highest BCUT2D eigenvalue weighted by Gasteiger charge is 2.40. The van der Waals surface area contributed by atoms with E-state index in [2.05, 4.69) is 16.0 Å². The van der Waals surface area contributed by atoms with Crippen LogP contribution in [0.4, 0.5) is 16.2 Å². The second-order valence-electron chi connectivity index (χ2n) is 16.3. The third-order valence-corrected chi connectivity index (χ3v) is 11.6. The van der Waals surface area contributed by atoms with Gasteiger partial charge >= 0.3 is 6.09 Å². The summed E-state index contributed by atoms with van der Waals surface area (Å²) in [5.74, 6) is -2.84. The van der Waals surface area contributed by atoms with Gasteiger partial charge in [0, 0.05) is 66.7 Å². The van der Waals surface area contributed by atoms with E-state index < -0.39 is 29.8 Å².